The first-order valence-corrected chi connectivity index (χ1v) is 6.47. The van der Waals surface area contributed by atoms with Crippen molar-refractivity contribution in [2.75, 3.05) is 5.32 Å². The average molecular weight is 342 g/mol. The quantitative estimate of drug-likeness (QED) is 0.897. The molecule has 3 nitrogen and oxygen atoms in total. The van der Waals surface area contributed by atoms with Crippen molar-refractivity contribution in [2.45, 2.75) is 6.61 Å². The second-order valence-electron chi connectivity index (χ2n) is 4.01. The van der Waals surface area contributed by atoms with Crippen LogP contribution in [0.2, 0.25) is 0 Å². The third-order valence-electron chi connectivity index (χ3n) is 2.67. The van der Waals surface area contributed by atoms with Crippen LogP contribution in [-0.4, -0.2) is 11.0 Å². The fourth-order valence-electron chi connectivity index (χ4n) is 1.72. The van der Waals surface area contributed by atoms with Crippen molar-refractivity contribution in [1.29, 1.82) is 0 Å². The van der Waals surface area contributed by atoms with Crippen molar-refractivity contribution < 1.29 is 18.7 Å². The van der Waals surface area contributed by atoms with Gasteiger partial charge in [0.2, 0.25) is 0 Å². The molecule has 0 aliphatic carbocycles. The number of amides is 1. The van der Waals surface area contributed by atoms with Crippen molar-refractivity contribution in [2.24, 2.45) is 0 Å². The average Bonchev–Trinajstić information content (AvgIpc) is 2.38. The molecule has 0 aromatic heterocycles. The second kappa shape index (κ2) is 6.11. The fourth-order valence-corrected chi connectivity index (χ4v) is 2.13. The summed E-state index contributed by atoms with van der Waals surface area (Å²) in [7, 11) is 0. The standard InChI is InChI=1S/C14H10BrF2NO2/c15-9-5-10(16)13(11(17)6-9)14(20)18-12-4-2-1-3-8(12)7-19/h1-6,19H,7H2,(H,18,20). The van der Waals surface area contributed by atoms with Gasteiger partial charge in [-0.1, -0.05) is 34.1 Å². The van der Waals surface area contributed by atoms with Crippen LogP contribution >= 0.6 is 15.9 Å². The van der Waals surface area contributed by atoms with Crippen molar-refractivity contribution in [3.05, 3.63) is 63.6 Å². The number of aliphatic hydroxyl groups is 1. The minimum atomic E-state index is -0.962. The third-order valence-corrected chi connectivity index (χ3v) is 3.13. The number of anilines is 1. The van der Waals surface area contributed by atoms with E-state index in [9.17, 15) is 13.6 Å². The Morgan fingerprint density at radius 2 is 1.80 bits per heavy atom. The largest absolute Gasteiger partial charge is 0.392 e. The van der Waals surface area contributed by atoms with Gasteiger partial charge in [0.1, 0.15) is 17.2 Å². The first-order valence-electron chi connectivity index (χ1n) is 5.67. The number of nitrogens with one attached hydrogen (secondary N) is 1. The van der Waals surface area contributed by atoms with Gasteiger partial charge < -0.3 is 10.4 Å². The molecule has 0 spiro atoms. The van der Waals surface area contributed by atoms with Gasteiger partial charge in [-0.2, -0.15) is 0 Å². The Morgan fingerprint density at radius 1 is 1.20 bits per heavy atom. The van der Waals surface area contributed by atoms with Crippen LogP contribution in [-0.2, 0) is 6.61 Å². The highest BCUT2D eigenvalue weighted by atomic mass is 79.9. The summed E-state index contributed by atoms with van der Waals surface area (Å²) < 4.78 is 27.5. The van der Waals surface area contributed by atoms with E-state index in [1.807, 2.05) is 0 Å². The Bertz CT molecular complexity index is 638. The van der Waals surface area contributed by atoms with Gasteiger partial charge >= 0.3 is 0 Å². The highest BCUT2D eigenvalue weighted by Gasteiger charge is 2.19. The second-order valence-corrected chi connectivity index (χ2v) is 4.93. The zero-order chi connectivity index (χ0) is 14.7. The summed E-state index contributed by atoms with van der Waals surface area (Å²) in [6.45, 7) is -0.290. The Hall–Kier alpha value is -1.79. The molecule has 2 aromatic carbocycles. The topological polar surface area (TPSA) is 49.3 Å². The number of hydrogen-bond donors (Lipinski definition) is 2. The van der Waals surface area contributed by atoms with E-state index in [0.717, 1.165) is 12.1 Å². The number of halogens is 3. The molecule has 104 valence electrons. The van der Waals surface area contributed by atoms with Crippen LogP contribution in [0.5, 0.6) is 0 Å². The summed E-state index contributed by atoms with van der Waals surface area (Å²) in [5, 5.41) is 11.5. The Labute approximate surface area is 122 Å². The first-order chi connectivity index (χ1) is 9.52. The van der Waals surface area contributed by atoms with E-state index in [-0.39, 0.29) is 11.1 Å². The summed E-state index contributed by atoms with van der Waals surface area (Å²) in [5.74, 6) is -2.83. The lowest BCUT2D eigenvalue weighted by molar-refractivity contribution is 0.101. The molecule has 6 heteroatoms. The maximum absolute atomic E-state index is 13.7. The molecule has 0 aliphatic rings. The maximum Gasteiger partial charge on any atom is 0.261 e. The molecule has 2 N–H and O–H groups in total. The lowest BCUT2D eigenvalue weighted by Gasteiger charge is -2.10. The predicted octanol–water partition coefficient (Wildman–Crippen LogP) is 3.47. The zero-order valence-corrected chi connectivity index (χ0v) is 11.7. The third kappa shape index (κ3) is 3.02. The van der Waals surface area contributed by atoms with E-state index >= 15 is 0 Å². The van der Waals surface area contributed by atoms with Gasteiger partial charge in [0, 0.05) is 15.7 Å². The van der Waals surface area contributed by atoms with Gasteiger partial charge in [-0.25, -0.2) is 8.78 Å². The Morgan fingerprint density at radius 3 is 2.40 bits per heavy atom. The van der Waals surface area contributed by atoms with Crippen LogP contribution < -0.4 is 5.32 Å². The van der Waals surface area contributed by atoms with Crippen LogP contribution in [0, 0.1) is 11.6 Å². The van der Waals surface area contributed by atoms with Gasteiger partial charge in [-0.15, -0.1) is 0 Å². The van der Waals surface area contributed by atoms with Gasteiger partial charge in [-0.05, 0) is 18.2 Å². The SMILES string of the molecule is O=C(Nc1ccccc1CO)c1c(F)cc(Br)cc1F. The summed E-state index contributed by atoms with van der Waals surface area (Å²) in [6.07, 6.45) is 0. The van der Waals surface area contributed by atoms with Crippen molar-refractivity contribution in [3.8, 4) is 0 Å². The molecule has 20 heavy (non-hydrogen) atoms. The predicted molar refractivity (Wildman–Crippen MR) is 74.4 cm³/mol. The number of carbonyl (C=O) groups is 1. The molecule has 1 amide bonds. The van der Waals surface area contributed by atoms with E-state index in [0.29, 0.717) is 11.3 Å². The maximum atomic E-state index is 13.7. The van der Waals surface area contributed by atoms with E-state index in [1.54, 1.807) is 18.2 Å². The van der Waals surface area contributed by atoms with Gasteiger partial charge in [0.05, 0.1) is 6.61 Å². The molecule has 0 saturated heterocycles. The lowest BCUT2D eigenvalue weighted by Crippen LogP contribution is -2.17. The van der Waals surface area contributed by atoms with Crippen LogP contribution in [0.4, 0.5) is 14.5 Å². The molecule has 0 saturated carbocycles. The smallest absolute Gasteiger partial charge is 0.261 e. The molecule has 2 rings (SSSR count). The molecule has 0 heterocycles. The number of benzene rings is 2. The molecule has 2 aromatic rings. The summed E-state index contributed by atoms with van der Waals surface area (Å²) in [5.41, 5.74) is 0.0986. The van der Waals surface area contributed by atoms with E-state index in [1.165, 1.54) is 6.07 Å². The van der Waals surface area contributed by atoms with E-state index < -0.39 is 23.1 Å². The molecular weight excluding hydrogens is 332 g/mol. The summed E-state index contributed by atoms with van der Waals surface area (Å²) in [6, 6.07) is 8.49. The van der Waals surface area contributed by atoms with Crippen molar-refractivity contribution in [1.82, 2.24) is 0 Å². The van der Waals surface area contributed by atoms with Gasteiger partial charge in [0.15, 0.2) is 0 Å². The number of carbonyl (C=O) groups excluding carboxylic acids is 1. The summed E-state index contributed by atoms with van der Waals surface area (Å²) >= 11 is 2.94. The Kier molecular flexibility index (Phi) is 4.46. The van der Waals surface area contributed by atoms with Crippen LogP contribution in [0.15, 0.2) is 40.9 Å². The summed E-state index contributed by atoms with van der Waals surface area (Å²) in [4.78, 5) is 11.9. The fraction of sp³-hybridized carbons (Fsp3) is 0.0714. The van der Waals surface area contributed by atoms with Crippen LogP contribution in [0.25, 0.3) is 0 Å². The highest BCUT2D eigenvalue weighted by Crippen LogP contribution is 2.22. The molecule has 0 fully saturated rings. The molecule has 0 unspecified atom stereocenters. The number of aliphatic hydroxyl groups excluding tert-OH is 1. The monoisotopic (exact) mass is 341 g/mol. The molecule has 0 aliphatic heterocycles. The number of rotatable bonds is 3. The zero-order valence-electron chi connectivity index (χ0n) is 10.2. The molecule has 0 atom stereocenters. The van der Waals surface area contributed by atoms with Gasteiger partial charge in [0.25, 0.3) is 5.91 Å². The van der Waals surface area contributed by atoms with Crippen LogP contribution in [0.1, 0.15) is 15.9 Å². The molecule has 0 bridgehead atoms. The highest BCUT2D eigenvalue weighted by molar-refractivity contribution is 9.10. The van der Waals surface area contributed by atoms with Crippen molar-refractivity contribution >= 4 is 27.5 Å². The van der Waals surface area contributed by atoms with Gasteiger partial charge in [-0.3, -0.25) is 4.79 Å². The van der Waals surface area contributed by atoms with E-state index in [4.69, 9.17) is 5.11 Å². The van der Waals surface area contributed by atoms with Crippen molar-refractivity contribution in [3.63, 3.8) is 0 Å². The van der Waals surface area contributed by atoms with E-state index in [2.05, 4.69) is 21.2 Å². The minimum Gasteiger partial charge on any atom is -0.392 e. The van der Waals surface area contributed by atoms with Crippen LogP contribution in [0.3, 0.4) is 0 Å². The first kappa shape index (κ1) is 14.6. The molecular formula is C14H10BrF2NO2. The Balaban J connectivity index is 2.34. The number of hydrogen-bond acceptors (Lipinski definition) is 2. The minimum absolute atomic E-state index is 0.208. The normalized spacial score (nSPS) is 10.4. The lowest BCUT2D eigenvalue weighted by atomic mass is 10.1. The number of para-hydroxylation sites is 1. The molecule has 0 radical (unpaired) electrons.